The molecular weight excluding hydrogens is 294 g/mol. The Hall–Kier alpha value is -1.52. The number of hydrogen-bond donors (Lipinski definition) is 0. The number of carbonyl (C=O) groups excluding carboxylic acids is 1. The van der Waals surface area contributed by atoms with Gasteiger partial charge in [0.25, 0.3) is 0 Å². The first-order chi connectivity index (χ1) is 9.76. The lowest BCUT2D eigenvalue weighted by Gasteiger charge is -2.24. The van der Waals surface area contributed by atoms with Crippen LogP contribution in [0.1, 0.15) is 12.5 Å². The number of halogens is 1. The predicted molar refractivity (Wildman–Crippen MR) is 83.8 cm³/mol. The molecule has 1 aromatic carbocycles. The third kappa shape index (κ3) is 3.52. The van der Waals surface area contributed by atoms with E-state index in [2.05, 4.69) is 0 Å². The van der Waals surface area contributed by atoms with Crippen LogP contribution in [0.4, 0.5) is 5.69 Å². The molecule has 0 aliphatic carbocycles. The minimum absolute atomic E-state index is 0.0510. The Morgan fingerprint density at radius 2 is 2.15 bits per heavy atom. The highest BCUT2D eigenvalue weighted by atomic mass is 35.5. The number of para-hydroxylation sites is 2. The second-order valence-electron chi connectivity index (χ2n) is 4.15. The SMILES string of the molecule is CCOc1ccccc1N(Cc1ccsc1)C(=O)CCl. The molecule has 0 fully saturated rings. The summed E-state index contributed by atoms with van der Waals surface area (Å²) < 4.78 is 5.60. The van der Waals surface area contributed by atoms with Gasteiger partial charge in [-0.1, -0.05) is 12.1 Å². The van der Waals surface area contributed by atoms with Crippen molar-refractivity contribution in [1.82, 2.24) is 0 Å². The standard InChI is InChI=1S/C15H16ClNO2S/c1-2-19-14-6-4-3-5-13(14)17(15(18)9-16)10-12-7-8-20-11-12/h3-8,11H,2,9-10H2,1H3. The number of alkyl halides is 1. The van der Waals surface area contributed by atoms with E-state index in [-0.39, 0.29) is 11.8 Å². The fourth-order valence-corrected chi connectivity index (χ4v) is 2.71. The third-order valence-corrected chi connectivity index (χ3v) is 3.75. The van der Waals surface area contributed by atoms with E-state index in [0.717, 1.165) is 11.3 Å². The van der Waals surface area contributed by atoms with E-state index in [0.29, 0.717) is 18.9 Å². The van der Waals surface area contributed by atoms with E-state index in [1.165, 1.54) is 0 Å². The van der Waals surface area contributed by atoms with Crippen molar-refractivity contribution in [2.24, 2.45) is 0 Å². The molecule has 1 aromatic heterocycles. The molecule has 0 saturated carbocycles. The van der Waals surface area contributed by atoms with Crippen molar-refractivity contribution in [2.45, 2.75) is 13.5 Å². The molecule has 1 heterocycles. The van der Waals surface area contributed by atoms with Crippen molar-refractivity contribution in [3.8, 4) is 5.75 Å². The lowest BCUT2D eigenvalue weighted by molar-refractivity contribution is -0.116. The monoisotopic (exact) mass is 309 g/mol. The van der Waals surface area contributed by atoms with E-state index in [1.54, 1.807) is 16.2 Å². The lowest BCUT2D eigenvalue weighted by Crippen LogP contribution is -2.31. The van der Waals surface area contributed by atoms with E-state index in [1.807, 2.05) is 48.0 Å². The Morgan fingerprint density at radius 1 is 1.35 bits per heavy atom. The molecule has 5 heteroatoms. The topological polar surface area (TPSA) is 29.5 Å². The van der Waals surface area contributed by atoms with Gasteiger partial charge in [0, 0.05) is 0 Å². The van der Waals surface area contributed by atoms with Crippen molar-refractivity contribution in [3.63, 3.8) is 0 Å². The Bertz CT molecular complexity index is 557. The van der Waals surface area contributed by atoms with Crippen molar-refractivity contribution >= 4 is 34.5 Å². The maximum atomic E-state index is 12.1. The molecule has 0 aliphatic rings. The van der Waals surface area contributed by atoms with Gasteiger partial charge in [0.2, 0.25) is 5.91 Å². The molecule has 20 heavy (non-hydrogen) atoms. The van der Waals surface area contributed by atoms with Gasteiger partial charge in [-0.2, -0.15) is 11.3 Å². The quantitative estimate of drug-likeness (QED) is 0.757. The van der Waals surface area contributed by atoms with Crippen molar-refractivity contribution in [2.75, 3.05) is 17.4 Å². The van der Waals surface area contributed by atoms with E-state index in [4.69, 9.17) is 16.3 Å². The third-order valence-electron chi connectivity index (χ3n) is 2.79. The smallest absolute Gasteiger partial charge is 0.242 e. The molecule has 0 bridgehead atoms. The van der Waals surface area contributed by atoms with Crippen LogP contribution in [-0.4, -0.2) is 18.4 Å². The summed E-state index contributed by atoms with van der Waals surface area (Å²) in [4.78, 5) is 13.8. The largest absolute Gasteiger partial charge is 0.492 e. The fourth-order valence-electron chi connectivity index (χ4n) is 1.90. The van der Waals surface area contributed by atoms with Crippen molar-refractivity contribution in [3.05, 3.63) is 46.7 Å². The van der Waals surface area contributed by atoms with Crippen LogP contribution in [0.3, 0.4) is 0 Å². The van der Waals surface area contributed by atoms with Gasteiger partial charge in [-0.05, 0) is 41.4 Å². The van der Waals surface area contributed by atoms with Gasteiger partial charge in [-0.15, -0.1) is 11.6 Å². The highest BCUT2D eigenvalue weighted by Gasteiger charge is 2.19. The number of ether oxygens (including phenoxy) is 1. The van der Waals surface area contributed by atoms with Crippen LogP contribution in [-0.2, 0) is 11.3 Å². The van der Waals surface area contributed by atoms with Gasteiger partial charge in [-0.25, -0.2) is 0 Å². The number of nitrogens with zero attached hydrogens (tertiary/aromatic N) is 1. The lowest BCUT2D eigenvalue weighted by atomic mass is 10.2. The van der Waals surface area contributed by atoms with Crippen LogP contribution in [0, 0.1) is 0 Å². The minimum atomic E-state index is -0.134. The van der Waals surface area contributed by atoms with Gasteiger partial charge < -0.3 is 9.64 Å². The molecule has 0 unspecified atom stereocenters. The van der Waals surface area contributed by atoms with Gasteiger partial charge in [0.05, 0.1) is 18.8 Å². The number of benzene rings is 1. The van der Waals surface area contributed by atoms with Crippen LogP contribution in [0.25, 0.3) is 0 Å². The first-order valence-corrected chi connectivity index (χ1v) is 7.83. The first-order valence-electron chi connectivity index (χ1n) is 6.35. The molecule has 3 nitrogen and oxygen atoms in total. The van der Waals surface area contributed by atoms with Crippen LogP contribution in [0.2, 0.25) is 0 Å². The Labute approximate surface area is 127 Å². The highest BCUT2D eigenvalue weighted by Crippen LogP contribution is 2.30. The number of carbonyl (C=O) groups is 1. The Balaban J connectivity index is 2.33. The molecule has 2 aromatic rings. The first kappa shape index (κ1) is 14.9. The molecule has 106 valence electrons. The second kappa shape index (κ2) is 7.31. The summed E-state index contributed by atoms with van der Waals surface area (Å²) in [6, 6.07) is 9.52. The maximum Gasteiger partial charge on any atom is 0.242 e. The average molecular weight is 310 g/mol. The number of thiophene rings is 1. The van der Waals surface area contributed by atoms with E-state index < -0.39 is 0 Å². The molecule has 0 N–H and O–H groups in total. The molecule has 0 saturated heterocycles. The summed E-state index contributed by atoms with van der Waals surface area (Å²) in [6.07, 6.45) is 0. The maximum absolute atomic E-state index is 12.1. The highest BCUT2D eigenvalue weighted by molar-refractivity contribution is 7.07. The zero-order valence-corrected chi connectivity index (χ0v) is 12.8. The minimum Gasteiger partial charge on any atom is -0.492 e. The van der Waals surface area contributed by atoms with E-state index in [9.17, 15) is 4.79 Å². The number of amides is 1. The van der Waals surface area contributed by atoms with Crippen LogP contribution >= 0.6 is 22.9 Å². The molecule has 0 aliphatic heterocycles. The molecule has 1 amide bonds. The van der Waals surface area contributed by atoms with Gasteiger partial charge >= 0.3 is 0 Å². The van der Waals surface area contributed by atoms with Gasteiger partial charge in [-0.3, -0.25) is 4.79 Å². The summed E-state index contributed by atoms with van der Waals surface area (Å²) in [5.41, 5.74) is 1.84. The van der Waals surface area contributed by atoms with Gasteiger partial charge in [0.1, 0.15) is 11.6 Å². The van der Waals surface area contributed by atoms with Crippen molar-refractivity contribution < 1.29 is 9.53 Å². The van der Waals surface area contributed by atoms with Gasteiger partial charge in [0.15, 0.2) is 0 Å². The molecule has 0 atom stereocenters. The number of hydrogen-bond acceptors (Lipinski definition) is 3. The van der Waals surface area contributed by atoms with Crippen LogP contribution in [0.15, 0.2) is 41.1 Å². The van der Waals surface area contributed by atoms with E-state index >= 15 is 0 Å². The Morgan fingerprint density at radius 3 is 2.80 bits per heavy atom. The zero-order valence-electron chi connectivity index (χ0n) is 11.2. The number of anilines is 1. The average Bonchev–Trinajstić information content (AvgIpc) is 2.98. The molecular formula is C15H16ClNO2S. The normalized spacial score (nSPS) is 10.3. The van der Waals surface area contributed by atoms with Crippen molar-refractivity contribution in [1.29, 1.82) is 0 Å². The summed E-state index contributed by atoms with van der Waals surface area (Å²) in [5.74, 6) is 0.513. The number of rotatable bonds is 6. The summed E-state index contributed by atoms with van der Waals surface area (Å²) in [6.45, 7) is 2.97. The summed E-state index contributed by atoms with van der Waals surface area (Å²) >= 11 is 7.35. The van der Waals surface area contributed by atoms with Crippen LogP contribution in [0.5, 0.6) is 5.75 Å². The summed E-state index contributed by atoms with van der Waals surface area (Å²) in [5, 5.41) is 4.02. The second-order valence-corrected chi connectivity index (χ2v) is 5.19. The fraction of sp³-hybridized carbons (Fsp3) is 0.267. The summed E-state index contributed by atoms with van der Waals surface area (Å²) in [7, 11) is 0. The molecule has 0 radical (unpaired) electrons. The predicted octanol–water partition coefficient (Wildman–Crippen LogP) is 3.92. The molecule has 0 spiro atoms. The Kier molecular flexibility index (Phi) is 5.44. The zero-order chi connectivity index (χ0) is 14.4. The van der Waals surface area contributed by atoms with Crippen LogP contribution < -0.4 is 9.64 Å². The molecule has 2 rings (SSSR count).